The molecule has 2 aliphatic heterocycles. The molecule has 2 heterocycles. The monoisotopic (exact) mass is 156 g/mol. The number of anilines is 1. The summed E-state index contributed by atoms with van der Waals surface area (Å²) in [6.07, 6.45) is 6.07. The zero-order valence-electron chi connectivity index (χ0n) is 6.54. The number of fused-ring (bicyclic) bond motifs is 3. The lowest BCUT2D eigenvalue weighted by Crippen LogP contribution is -2.08. The van der Waals surface area contributed by atoms with Gasteiger partial charge in [-0.25, -0.2) is 0 Å². The molecule has 0 aliphatic carbocycles. The SMILES string of the molecule is C1=Nc2c3c(ccc2=C1)=CCN3. The molecule has 0 bridgehead atoms. The van der Waals surface area contributed by atoms with Crippen molar-refractivity contribution in [3.8, 4) is 0 Å². The molecule has 0 fully saturated rings. The Hall–Kier alpha value is -1.57. The molecular weight excluding hydrogens is 148 g/mol. The molecule has 3 rings (SSSR count). The van der Waals surface area contributed by atoms with Crippen LogP contribution >= 0.6 is 0 Å². The van der Waals surface area contributed by atoms with Gasteiger partial charge >= 0.3 is 0 Å². The minimum absolute atomic E-state index is 0.932. The Morgan fingerprint density at radius 3 is 3.17 bits per heavy atom. The molecule has 2 heteroatoms. The third-order valence-corrected chi connectivity index (χ3v) is 2.30. The van der Waals surface area contributed by atoms with Crippen LogP contribution in [-0.4, -0.2) is 12.8 Å². The molecule has 0 amide bonds. The second kappa shape index (κ2) is 1.97. The second-order valence-corrected chi connectivity index (χ2v) is 3.00. The van der Waals surface area contributed by atoms with Gasteiger partial charge in [-0.2, -0.15) is 0 Å². The fourth-order valence-electron chi connectivity index (χ4n) is 1.71. The number of benzene rings is 1. The van der Waals surface area contributed by atoms with Crippen LogP contribution in [0.25, 0.3) is 12.2 Å². The zero-order chi connectivity index (χ0) is 7.97. The summed E-state index contributed by atoms with van der Waals surface area (Å²) in [4.78, 5) is 4.31. The highest BCUT2D eigenvalue weighted by Gasteiger charge is 2.09. The lowest BCUT2D eigenvalue weighted by Gasteiger charge is -2.00. The van der Waals surface area contributed by atoms with Crippen molar-refractivity contribution in [2.24, 2.45) is 4.99 Å². The average molecular weight is 156 g/mol. The van der Waals surface area contributed by atoms with Crippen molar-refractivity contribution in [1.29, 1.82) is 0 Å². The molecule has 0 unspecified atom stereocenters. The first-order chi connectivity index (χ1) is 5.95. The molecule has 0 radical (unpaired) electrons. The molecule has 0 saturated heterocycles. The van der Waals surface area contributed by atoms with Gasteiger partial charge in [-0.15, -0.1) is 0 Å². The lowest BCUT2D eigenvalue weighted by molar-refractivity contribution is 1.41. The molecule has 0 aromatic heterocycles. The first kappa shape index (κ1) is 6.00. The van der Waals surface area contributed by atoms with Gasteiger partial charge in [0.15, 0.2) is 0 Å². The van der Waals surface area contributed by atoms with E-state index in [1.165, 1.54) is 16.1 Å². The summed E-state index contributed by atoms with van der Waals surface area (Å²) in [7, 11) is 0. The number of nitrogens with one attached hydrogen (secondary N) is 1. The molecule has 0 atom stereocenters. The fraction of sp³-hybridized carbons (Fsp3) is 0.100. The third-order valence-electron chi connectivity index (χ3n) is 2.30. The summed E-state index contributed by atoms with van der Waals surface area (Å²) in [6, 6.07) is 4.25. The highest BCUT2D eigenvalue weighted by molar-refractivity contribution is 5.99. The Bertz CT molecular complexity index is 483. The van der Waals surface area contributed by atoms with Crippen molar-refractivity contribution in [2.75, 3.05) is 11.9 Å². The Labute approximate surface area is 69.9 Å². The Morgan fingerprint density at radius 2 is 2.17 bits per heavy atom. The topological polar surface area (TPSA) is 24.4 Å². The number of aliphatic imine (C=N–C) groups is 1. The first-order valence-corrected chi connectivity index (χ1v) is 4.06. The van der Waals surface area contributed by atoms with Gasteiger partial charge in [0.05, 0.1) is 11.4 Å². The summed E-state index contributed by atoms with van der Waals surface area (Å²) >= 11 is 0. The van der Waals surface area contributed by atoms with Crippen LogP contribution in [0, 0.1) is 0 Å². The van der Waals surface area contributed by atoms with E-state index in [0.29, 0.717) is 0 Å². The predicted molar refractivity (Wildman–Crippen MR) is 51.3 cm³/mol. The van der Waals surface area contributed by atoms with Crippen molar-refractivity contribution in [3.05, 3.63) is 22.6 Å². The maximum Gasteiger partial charge on any atom is 0.0939 e. The van der Waals surface area contributed by atoms with Crippen molar-refractivity contribution < 1.29 is 0 Å². The Morgan fingerprint density at radius 1 is 1.25 bits per heavy atom. The molecular formula is C10H8N2. The van der Waals surface area contributed by atoms with Crippen molar-refractivity contribution >= 4 is 29.7 Å². The molecule has 2 nitrogen and oxygen atoms in total. The number of hydrogen-bond donors (Lipinski definition) is 1. The largest absolute Gasteiger partial charge is 0.379 e. The summed E-state index contributed by atoms with van der Waals surface area (Å²) < 4.78 is 0. The van der Waals surface area contributed by atoms with E-state index < -0.39 is 0 Å². The highest BCUT2D eigenvalue weighted by Crippen LogP contribution is 2.19. The Balaban J connectivity index is 2.50. The van der Waals surface area contributed by atoms with Crippen LogP contribution in [0.1, 0.15) is 0 Å². The lowest BCUT2D eigenvalue weighted by atomic mass is 10.2. The minimum Gasteiger partial charge on any atom is -0.379 e. The maximum absolute atomic E-state index is 4.31. The van der Waals surface area contributed by atoms with Gasteiger partial charge in [-0.05, 0) is 11.3 Å². The van der Waals surface area contributed by atoms with Gasteiger partial charge < -0.3 is 5.32 Å². The van der Waals surface area contributed by atoms with Crippen LogP contribution in [-0.2, 0) is 0 Å². The summed E-state index contributed by atoms with van der Waals surface area (Å²) in [6.45, 7) is 0.932. The minimum atomic E-state index is 0.932. The molecule has 2 aliphatic rings. The van der Waals surface area contributed by atoms with Crippen LogP contribution < -0.4 is 15.8 Å². The van der Waals surface area contributed by atoms with Gasteiger partial charge in [-0.3, -0.25) is 4.99 Å². The molecule has 1 aromatic carbocycles. The summed E-state index contributed by atoms with van der Waals surface area (Å²) in [5.41, 5.74) is 2.29. The molecule has 1 N–H and O–H groups in total. The average Bonchev–Trinajstić information content (AvgIpc) is 2.71. The van der Waals surface area contributed by atoms with Crippen molar-refractivity contribution in [1.82, 2.24) is 0 Å². The standard InChI is InChI=1S/C10H8N2/c1-2-8-4-6-12-10(8)9-7(1)3-5-11-9/h1-5,12H,6H2. The van der Waals surface area contributed by atoms with E-state index >= 15 is 0 Å². The number of hydrogen-bond acceptors (Lipinski definition) is 2. The van der Waals surface area contributed by atoms with Crippen molar-refractivity contribution in [3.63, 3.8) is 0 Å². The first-order valence-electron chi connectivity index (χ1n) is 4.06. The molecule has 58 valence electrons. The quantitative estimate of drug-likeness (QED) is 0.577. The van der Waals surface area contributed by atoms with E-state index in [4.69, 9.17) is 0 Å². The normalized spacial score (nSPS) is 16.0. The van der Waals surface area contributed by atoms with Crippen LogP contribution in [0.3, 0.4) is 0 Å². The number of rotatable bonds is 0. The van der Waals surface area contributed by atoms with Crippen LogP contribution in [0.15, 0.2) is 17.1 Å². The second-order valence-electron chi connectivity index (χ2n) is 3.00. The highest BCUT2D eigenvalue weighted by atomic mass is 14.9. The van der Waals surface area contributed by atoms with Gasteiger partial charge in [0.1, 0.15) is 0 Å². The van der Waals surface area contributed by atoms with E-state index in [1.807, 2.05) is 12.3 Å². The van der Waals surface area contributed by atoms with Gasteiger partial charge in [-0.1, -0.05) is 18.2 Å². The zero-order valence-corrected chi connectivity index (χ0v) is 6.54. The van der Waals surface area contributed by atoms with Crippen LogP contribution in [0.4, 0.5) is 11.4 Å². The molecule has 0 spiro atoms. The van der Waals surface area contributed by atoms with Crippen LogP contribution in [0.2, 0.25) is 0 Å². The van der Waals surface area contributed by atoms with E-state index in [0.717, 1.165) is 12.2 Å². The van der Waals surface area contributed by atoms with Gasteiger partial charge in [0, 0.05) is 18.0 Å². The summed E-state index contributed by atoms with van der Waals surface area (Å²) in [5, 5.41) is 5.81. The fourth-order valence-corrected chi connectivity index (χ4v) is 1.71. The van der Waals surface area contributed by atoms with E-state index in [9.17, 15) is 0 Å². The van der Waals surface area contributed by atoms with Gasteiger partial charge in [0.25, 0.3) is 0 Å². The van der Waals surface area contributed by atoms with E-state index in [-0.39, 0.29) is 0 Å². The molecule has 12 heavy (non-hydrogen) atoms. The van der Waals surface area contributed by atoms with Gasteiger partial charge in [0.2, 0.25) is 0 Å². The Kier molecular flexibility index (Phi) is 0.987. The molecule has 0 saturated carbocycles. The predicted octanol–water partition coefficient (Wildman–Crippen LogP) is 0.389. The summed E-state index contributed by atoms with van der Waals surface area (Å²) in [5.74, 6) is 0. The van der Waals surface area contributed by atoms with E-state index in [1.54, 1.807) is 0 Å². The maximum atomic E-state index is 4.31. The van der Waals surface area contributed by atoms with Crippen molar-refractivity contribution in [2.45, 2.75) is 0 Å². The molecule has 1 aromatic rings. The third kappa shape index (κ3) is 0.619. The number of nitrogens with zero attached hydrogens (tertiary/aromatic N) is 1. The van der Waals surface area contributed by atoms with E-state index in [2.05, 4.69) is 28.5 Å². The smallest absolute Gasteiger partial charge is 0.0939 e. The van der Waals surface area contributed by atoms with Crippen LogP contribution in [0.5, 0.6) is 0 Å².